The van der Waals surface area contributed by atoms with E-state index < -0.39 is 5.54 Å². The summed E-state index contributed by atoms with van der Waals surface area (Å²) in [5, 5.41) is 9.07. The van der Waals surface area contributed by atoms with Crippen LogP contribution in [0.2, 0.25) is 0 Å². The van der Waals surface area contributed by atoms with Gasteiger partial charge in [-0.2, -0.15) is 0 Å². The largest absolute Gasteiger partial charge is 0.394 e. The lowest BCUT2D eigenvalue weighted by Crippen LogP contribution is -2.43. The van der Waals surface area contributed by atoms with Gasteiger partial charge in [0, 0.05) is 25.3 Å². The highest BCUT2D eigenvalue weighted by Gasteiger charge is 2.19. The monoisotopic (exact) mass is 230 g/mol. The molecule has 0 aromatic carbocycles. The van der Waals surface area contributed by atoms with Gasteiger partial charge in [-0.25, -0.2) is 0 Å². The number of nitrogens with zero attached hydrogens (tertiary/aromatic N) is 1. The second-order valence-electron chi connectivity index (χ2n) is 5.38. The van der Waals surface area contributed by atoms with Crippen LogP contribution in [-0.4, -0.2) is 55.5 Å². The lowest BCUT2D eigenvalue weighted by atomic mass is 9.98. The van der Waals surface area contributed by atoms with E-state index in [2.05, 4.69) is 11.9 Å². The van der Waals surface area contributed by atoms with Crippen molar-refractivity contribution in [3.8, 4) is 0 Å². The number of aliphatic hydroxyl groups is 1. The summed E-state index contributed by atoms with van der Waals surface area (Å²) in [6, 6.07) is 0. The van der Waals surface area contributed by atoms with Gasteiger partial charge in [0.1, 0.15) is 0 Å². The molecule has 0 spiro atoms. The Morgan fingerprint density at radius 1 is 1.44 bits per heavy atom. The standard InChI is InChI=1S/C12H26N2O2/c1-12(13,10-15)5-6-14(2)9-11-3-7-16-8-4-11/h11,15H,3-10,13H2,1-2H3. The van der Waals surface area contributed by atoms with Crippen LogP contribution in [0.4, 0.5) is 0 Å². The topological polar surface area (TPSA) is 58.7 Å². The van der Waals surface area contributed by atoms with Crippen LogP contribution >= 0.6 is 0 Å². The second kappa shape index (κ2) is 6.55. The summed E-state index contributed by atoms with van der Waals surface area (Å²) in [5.74, 6) is 0.761. The molecule has 16 heavy (non-hydrogen) atoms. The van der Waals surface area contributed by atoms with Crippen LogP contribution in [0.25, 0.3) is 0 Å². The molecule has 4 heteroatoms. The zero-order valence-electron chi connectivity index (χ0n) is 10.6. The third kappa shape index (κ3) is 5.25. The Morgan fingerprint density at radius 3 is 2.62 bits per heavy atom. The van der Waals surface area contributed by atoms with Crippen LogP contribution in [0.1, 0.15) is 26.2 Å². The van der Waals surface area contributed by atoms with E-state index in [0.29, 0.717) is 0 Å². The molecule has 1 atom stereocenters. The summed E-state index contributed by atoms with van der Waals surface area (Å²) < 4.78 is 5.34. The van der Waals surface area contributed by atoms with Gasteiger partial charge in [-0.05, 0) is 45.7 Å². The summed E-state index contributed by atoms with van der Waals surface area (Å²) >= 11 is 0. The average Bonchev–Trinajstić information content (AvgIpc) is 2.28. The molecule has 96 valence electrons. The van der Waals surface area contributed by atoms with Crippen LogP contribution in [0.5, 0.6) is 0 Å². The summed E-state index contributed by atoms with van der Waals surface area (Å²) in [6.07, 6.45) is 3.18. The van der Waals surface area contributed by atoms with E-state index >= 15 is 0 Å². The predicted molar refractivity (Wildman–Crippen MR) is 65.3 cm³/mol. The van der Waals surface area contributed by atoms with Crippen molar-refractivity contribution in [3.63, 3.8) is 0 Å². The molecular weight excluding hydrogens is 204 g/mol. The highest BCUT2D eigenvalue weighted by Crippen LogP contribution is 2.16. The third-order valence-electron chi connectivity index (χ3n) is 3.34. The minimum Gasteiger partial charge on any atom is -0.394 e. The van der Waals surface area contributed by atoms with Crippen molar-refractivity contribution < 1.29 is 9.84 Å². The fourth-order valence-electron chi connectivity index (χ4n) is 1.99. The van der Waals surface area contributed by atoms with Gasteiger partial charge in [-0.15, -0.1) is 0 Å². The molecule has 0 radical (unpaired) electrons. The smallest absolute Gasteiger partial charge is 0.0608 e. The van der Waals surface area contributed by atoms with Gasteiger partial charge >= 0.3 is 0 Å². The molecule has 0 aliphatic carbocycles. The Balaban J connectivity index is 2.17. The molecule has 0 aromatic rings. The van der Waals surface area contributed by atoms with Crippen molar-refractivity contribution in [2.75, 3.05) is 40.0 Å². The van der Waals surface area contributed by atoms with Crippen LogP contribution in [0.15, 0.2) is 0 Å². The van der Waals surface area contributed by atoms with E-state index in [-0.39, 0.29) is 6.61 Å². The third-order valence-corrected chi connectivity index (χ3v) is 3.34. The fourth-order valence-corrected chi connectivity index (χ4v) is 1.99. The second-order valence-corrected chi connectivity index (χ2v) is 5.38. The van der Waals surface area contributed by atoms with Crippen LogP contribution in [0, 0.1) is 5.92 Å². The molecule has 4 nitrogen and oxygen atoms in total. The molecule has 1 fully saturated rings. The van der Waals surface area contributed by atoms with E-state index in [1.165, 1.54) is 12.8 Å². The van der Waals surface area contributed by atoms with E-state index in [1.54, 1.807) is 0 Å². The zero-order valence-corrected chi connectivity index (χ0v) is 10.6. The van der Waals surface area contributed by atoms with Crippen molar-refractivity contribution in [2.45, 2.75) is 31.7 Å². The molecule has 1 saturated heterocycles. The number of nitrogens with two attached hydrogens (primary N) is 1. The molecule has 1 aliphatic heterocycles. The summed E-state index contributed by atoms with van der Waals surface area (Å²) in [5.41, 5.74) is 5.46. The first-order valence-corrected chi connectivity index (χ1v) is 6.19. The molecule has 3 N–H and O–H groups in total. The first-order valence-electron chi connectivity index (χ1n) is 6.19. The molecule has 0 saturated carbocycles. The quantitative estimate of drug-likeness (QED) is 0.695. The van der Waals surface area contributed by atoms with E-state index in [9.17, 15) is 0 Å². The summed E-state index contributed by atoms with van der Waals surface area (Å²) in [7, 11) is 2.13. The highest BCUT2D eigenvalue weighted by molar-refractivity contribution is 4.79. The number of aliphatic hydroxyl groups excluding tert-OH is 1. The number of hydrogen-bond acceptors (Lipinski definition) is 4. The van der Waals surface area contributed by atoms with Gasteiger partial charge < -0.3 is 20.5 Å². The maximum atomic E-state index is 9.07. The molecule has 0 amide bonds. The first kappa shape index (κ1) is 13.9. The lowest BCUT2D eigenvalue weighted by Gasteiger charge is -2.29. The minimum atomic E-state index is -0.441. The molecular formula is C12H26N2O2. The predicted octanol–water partition coefficient (Wildman–Crippen LogP) is 0.445. The van der Waals surface area contributed by atoms with E-state index in [1.807, 2.05) is 6.92 Å². The summed E-state index contributed by atoms with van der Waals surface area (Å²) in [4.78, 5) is 2.32. The normalized spacial score (nSPS) is 22.3. The van der Waals surface area contributed by atoms with Gasteiger partial charge in [0.15, 0.2) is 0 Å². The number of hydrogen-bond donors (Lipinski definition) is 2. The number of ether oxygens (including phenoxy) is 1. The number of rotatable bonds is 6. The maximum absolute atomic E-state index is 9.07. The Kier molecular flexibility index (Phi) is 5.69. The van der Waals surface area contributed by atoms with Gasteiger partial charge in [0.05, 0.1) is 6.61 Å². The van der Waals surface area contributed by atoms with Gasteiger partial charge in [0.2, 0.25) is 0 Å². The Hall–Kier alpha value is -0.160. The molecule has 1 aliphatic rings. The van der Waals surface area contributed by atoms with Crippen LogP contribution < -0.4 is 5.73 Å². The average molecular weight is 230 g/mol. The van der Waals surface area contributed by atoms with Crippen LogP contribution in [0.3, 0.4) is 0 Å². The van der Waals surface area contributed by atoms with Crippen molar-refractivity contribution in [1.29, 1.82) is 0 Å². The zero-order chi connectivity index (χ0) is 12.0. The molecule has 0 aromatic heterocycles. The molecule has 0 bridgehead atoms. The van der Waals surface area contributed by atoms with Crippen LogP contribution in [-0.2, 0) is 4.74 Å². The molecule has 1 heterocycles. The lowest BCUT2D eigenvalue weighted by molar-refractivity contribution is 0.0545. The SMILES string of the molecule is CN(CCC(C)(N)CO)CC1CCOCC1. The highest BCUT2D eigenvalue weighted by atomic mass is 16.5. The Morgan fingerprint density at radius 2 is 2.06 bits per heavy atom. The molecule has 1 rings (SSSR count). The van der Waals surface area contributed by atoms with Gasteiger partial charge in [-0.1, -0.05) is 0 Å². The Bertz CT molecular complexity index is 191. The van der Waals surface area contributed by atoms with E-state index in [4.69, 9.17) is 15.6 Å². The Labute approximate surface area is 98.8 Å². The minimum absolute atomic E-state index is 0.0537. The fraction of sp³-hybridized carbons (Fsp3) is 1.00. The van der Waals surface area contributed by atoms with Crippen molar-refractivity contribution in [2.24, 2.45) is 11.7 Å². The molecule has 1 unspecified atom stereocenters. The van der Waals surface area contributed by atoms with Gasteiger partial charge in [-0.3, -0.25) is 0 Å². The van der Waals surface area contributed by atoms with E-state index in [0.717, 1.165) is 38.6 Å². The van der Waals surface area contributed by atoms with Gasteiger partial charge in [0.25, 0.3) is 0 Å². The van der Waals surface area contributed by atoms with Crippen molar-refractivity contribution >= 4 is 0 Å². The van der Waals surface area contributed by atoms with Crippen molar-refractivity contribution in [1.82, 2.24) is 4.90 Å². The van der Waals surface area contributed by atoms with Crippen molar-refractivity contribution in [3.05, 3.63) is 0 Å². The first-order chi connectivity index (χ1) is 7.53. The summed E-state index contributed by atoms with van der Waals surface area (Å²) in [6.45, 7) is 5.83. The maximum Gasteiger partial charge on any atom is 0.0608 e.